The van der Waals surface area contributed by atoms with Crippen LogP contribution in [-0.4, -0.2) is 46.7 Å². The maximum absolute atomic E-state index is 12.9. The Morgan fingerprint density at radius 1 is 0.970 bits per heavy atom. The molecule has 1 amide bonds. The number of nitrogens with zero attached hydrogens (tertiary/aromatic N) is 1. The number of ether oxygens (including phenoxy) is 2. The molecule has 3 aromatic rings. The van der Waals surface area contributed by atoms with Crippen LogP contribution in [0.1, 0.15) is 22.0 Å². The Hall–Kier alpha value is -3.56. The number of amides is 1. The molecule has 2 N–H and O–H groups in total. The zero-order valence-electron chi connectivity index (χ0n) is 18.3. The number of likely N-dealkylation sites (N-methyl/N-ethyl adjacent to an activating group) is 1. The summed E-state index contributed by atoms with van der Waals surface area (Å²) in [6.07, 6.45) is 0. The lowest BCUT2D eigenvalue weighted by Gasteiger charge is -2.25. The van der Waals surface area contributed by atoms with Gasteiger partial charge in [-0.3, -0.25) is 9.52 Å². The lowest BCUT2D eigenvalue weighted by atomic mass is 10.1. The zero-order chi connectivity index (χ0) is 23.4. The van der Waals surface area contributed by atoms with Gasteiger partial charge in [-0.05, 0) is 50.0 Å². The van der Waals surface area contributed by atoms with Crippen molar-refractivity contribution < 1.29 is 22.7 Å². The van der Waals surface area contributed by atoms with Gasteiger partial charge in [-0.2, -0.15) is 0 Å². The van der Waals surface area contributed by atoms with E-state index >= 15 is 0 Å². The molecule has 3 aromatic carbocycles. The van der Waals surface area contributed by atoms with E-state index in [4.69, 9.17) is 9.47 Å². The molecule has 33 heavy (non-hydrogen) atoms. The summed E-state index contributed by atoms with van der Waals surface area (Å²) in [6.45, 7) is 0.476. The number of hydrogen-bond donors (Lipinski definition) is 2. The third-order valence-corrected chi connectivity index (χ3v) is 6.67. The van der Waals surface area contributed by atoms with Gasteiger partial charge < -0.3 is 19.7 Å². The molecule has 172 valence electrons. The van der Waals surface area contributed by atoms with Crippen molar-refractivity contribution in [3.63, 3.8) is 0 Å². The number of hydrogen-bond acceptors (Lipinski definition) is 6. The standard InChI is InChI=1S/C24H25N3O5S/c1-27(2)21(17-7-4-3-5-8-17)15-25-24(28)18-9-6-10-20(13-18)33(29,30)26-19-11-12-22-23(14-19)32-16-31-22/h3-14,21,26H,15-16H2,1-2H3,(H,25,28). The highest BCUT2D eigenvalue weighted by atomic mass is 32.2. The predicted molar refractivity (Wildman–Crippen MR) is 125 cm³/mol. The van der Waals surface area contributed by atoms with Crippen molar-refractivity contribution in [1.29, 1.82) is 0 Å². The normalized spacial score (nSPS) is 13.5. The fourth-order valence-electron chi connectivity index (χ4n) is 3.54. The topological polar surface area (TPSA) is 97.0 Å². The molecule has 0 aromatic heterocycles. The summed E-state index contributed by atoms with van der Waals surface area (Å²) in [7, 11) is -0.0225. The van der Waals surface area contributed by atoms with E-state index in [-0.39, 0.29) is 29.2 Å². The summed E-state index contributed by atoms with van der Waals surface area (Å²) < 4.78 is 38.8. The third-order valence-electron chi connectivity index (χ3n) is 5.29. The van der Waals surface area contributed by atoms with Crippen LogP contribution < -0.4 is 19.5 Å². The number of sulfonamides is 1. The van der Waals surface area contributed by atoms with Crippen molar-refractivity contribution in [3.8, 4) is 11.5 Å². The van der Waals surface area contributed by atoms with Gasteiger partial charge in [-0.1, -0.05) is 36.4 Å². The molecule has 1 heterocycles. The number of benzene rings is 3. The number of carbonyl (C=O) groups is 1. The average Bonchev–Trinajstić information content (AvgIpc) is 3.27. The number of nitrogens with one attached hydrogen (secondary N) is 2. The summed E-state index contributed by atoms with van der Waals surface area (Å²) in [5.41, 5.74) is 1.67. The van der Waals surface area contributed by atoms with Crippen molar-refractivity contribution >= 4 is 21.6 Å². The average molecular weight is 468 g/mol. The quantitative estimate of drug-likeness (QED) is 0.528. The van der Waals surface area contributed by atoms with E-state index in [1.165, 1.54) is 12.1 Å². The van der Waals surface area contributed by atoms with E-state index < -0.39 is 10.0 Å². The van der Waals surface area contributed by atoms with Crippen LogP contribution >= 0.6 is 0 Å². The monoisotopic (exact) mass is 467 g/mol. The van der Waals surface area contributed by atoms with Crippen LogP contribution in [0.3, 0.4) is 0 Å². The Balaban J connectivity index is 1.47. The highest BCUT2D eigenvalue weighted by molar-refractivity contribution is 7.92. The summed E-state index contributed by atoms with van der Waals surface area (Å²) in [6, 6.07) is 20.6. The van der Waals surface area contributed by atoms with Crippen molar-refractivity contribution in [2.45, 2.75) is 10.9 Å². The summed E-state index contributed by atoms with van der Waals surface area (Å²) in [4.78, 5) is 14.8. The predicted octanol–water partition coefficient (Wildman–Crippen LogP) is 3.25. The van der Waals surface area contributed by atoms with Crippen LogP contribution in [0, 0.1) is 0 Å². The number of anilines is 1. The van der Waals surface area contributed by atoms with Gasteiger partial charge in [0.2, 0.25) is 6.79 Å². The van der Waals surface area contributed by atoms with Gasteiger partial charge in [0.1, 0.15) is 0 Å². The van der Waals surface area contributed by atoms with E-state index in [2.05, 4.69) is 10.0 Å². The second-order valence-corrected chi connectivity index (χ2v) is 9.48. The highest BCUT2D eigenvalue weighted by Crippen LogP contribution is 2.34. The molecule has 0 bridgehead atoms. The van der Waals surface area contributed by atoms with Crippen molar-refractivity contribution in [2.75, 3.05) is 32.2 Å². The van der Waals surface area contributed by atoms with Crippen LogP contribution in [0.15, 0.2) is 77.7 Å². The van der Waals surface area contributed by atoms with Crippen molar-refractivity contribution in [1.82, 2.24) is 10.2 Å². The molecule has 0 radical (unpaired) electrons. The minimum atomic E-state index is -3.91. The molecular formula is C24H25N3O5S. The Bertz CT molecular complexity index is 1250. The van der Waals surface area contributed by atoms with E-state index in [0.29, 0.717) is 23.7 Å². The van der Waals surface area contributed by atoms with Crippen LogP contribution in [0.5, 0.6) is 11.5 Å². The Morgan fingerprint density at radius 2 is 1.73 bits per heavy atom. The van der Waals surface area contributed by atoms with Crippen LogP contribution in [0.2, 0.25) is 0 Å². The van der Waals surface area contributed by atoms with E-state index in [0.717, 1.165) is 5.56 Å². The first kappa shape index (κ1) is 22.6. The van der Waals surface area contributed by atoms with Crippen LogP contribution in [0.25, 0.3) is 0 Å². The van der Waals surface area contributed by atoms with Crippen molar-refractivity contribution in [2.24, 2.45) is 0 Å². The smallest absolute Gasteiger partial charge is 0.261 e. The van der Waals surface area contributed by atoms with Gasteiger partial charge in [0.15, 0.2) is 11.5 Å². The summed E-state index contributed by atoms with van der Waals surface area (Å²) in [5.74, 6) is 0.679. The third kappa shape index (κ3) is 5.27. The zero-order valence-corrected chi connectivity index (χ0v) is 19.1. The SMILES string of the molecule is CN(C)C(CNC(=O)c1cccc(S(=O)(=O)Nc2ccc3c(c2)OCO3)c1)c1ccccc1. The summed E-state index contributed by atoms with van der Waals surface area (Å²) in [5, 5.41) is 2.91. The number of carbonyl (C=O) groups excluding carboxylic acids is 1. The van der Waals surface area contributed by atoms with Gasteiger partial charge in [-0.15, -0.1) is 0 Å². The molecule has 0 spiro atoms. The molecule has 0 aliphatic carbocycles. The fraction of sp³-hybridized carbons (Fsp3) is 0.208. The van der Waals surface area contributed by atoms with Crippen molar-refractivity contribution in [3.05, 3.63) is 83.9 Å². The second kappa shape index (κ2) is 9.51. The first-order valence-corrected chi connectivity index (χ1v) is 11.8. The molecule has 1 aliphatic rings. The molecular weight excluding hydrogens is 442 g/mol. The van der Waals surface area contributed by atoms with Gasteiger partial charge >= 0.3 is 0 Å². The highest BCUT2D eigenvalue weighted by Gasteiger charge is 2.20. The molecule has 4 rings (SSSR count). The van der Waals surface area contributed by atoms with Crippen LogP contribution in [-0.2, 0) is 10.0 Å². The Labute approximate surface area is 193 Å². The number of fused-ring (bicyclic) bond motifs is 1. The first-order chi connectivity index (χ1) is 15.8. The largest absolute Gasteiger partial charge is 0.454 e. The maximum Gasteiger partial charge on any atom is 0.261 e. The fourth-order valence-corrected chi connectivity index (χ4v) is 4.64. The van der Waals surface area contributed by atoms with Crippen LogP contribution in [0.4, 0.5) is 5.69 Å². The van der Waals surface area contributed by atoms with E-state index in [1.807, 2.05) is 49.3 Å². The molecule has 1 unspecified atom stereocenters. The minimum absolute atomic E-state index is 0.0139. The molecule has 0 saturated heterocycles. The Morgan fingerprint density at radius 3 is 2.48 bits per heavy atom. The molecule has 1 atom stereocenters. The molecule has 9 heteroatoms. The minimum Gasteiger partial charge on any atom is -0.454 e. The van der Waals surface area contributed by atoms with E-state index in [1.54, 1.807) is 30.3 Å². The molecule has 0 saturated carbocycles. The lowest BCUT2D eigenvalue weighted by molar-refractivity contribution is 0.0941. The summed E-state index contributed by atoms with van der Waals surface area (Å²) >= 11 is 0. The molecule has 8 nitrogen and oxygen atoms in total. The molecule has 1 aliphatic heterocycles. The van der Waals surface area contributed by atoms with E-state index in [9.17, 15) is 13.2 Å². The van der Waals surface area contributed by atoms with Gasteiger partial charge in [0.25, 0.3) is 15.9 Å². The first-order valence-electron chi connectivity index (χ1n) is 10.4. The Kier molecular flexibility index (Phi) is 6.52. The second-order valence-electron chi connectivity index (χ2n) is 7.80. The molecule has 0 fully saturated rings. The lowest BCUT2D eigenvalue weighted by Crippen LogP contribution is -2.34. The number of rotatable bonds is 8. The van der Waals surface area contributed by atoms with Gasteiger partial charge in [0.05, 0.1) is 16.6 Å². The maximum atomic E-state index is 12.9. The van der Waals surface area contributed by atoms with Gasteiger partial charge in [0, 0.05) is 18.2 Å². The van der Waals surface area contributed by atoms with Gasteiger partial charge in [-0.25, -0.2) is 8.42 Å².